The lowest BCUT2D eigenvalue weighted by molar-refractivity contribution is -0.119. The zero-order valence-electron chi connectivity index (χ0n) is 11.0. The minimum absolute atomic E-state index is 0.0533. The number of aldehydes is 1. The molecule has 2 fully saturated rings. The normalized spacial score (nSPS) is 30.8. The van der Waals surface area contributed by atoms with Gasteiger partial charge in [0, 0.05) is 31.7 Å². The summed E-state index contributed by atoms with van der Waals surface area (Å²) in [7, 11) is 0. The Morgan fingerprint density at radius 2 is 2.06 bits per heavy atom. The van der Waals surface area contributed by atoms with Crippen LogP contribution in [-0.2, 0) is 9.53 Å². The third-order valence-corrected chi connectivity index (χ3v) is 4.17. The van der Waals surface area contributed by atoms with E-state index in [0.717, 1.165) is 45.5 Å². The molecule has 1 saturated carbocycles. The summed E-state index contributed by atoms with van der Waals surface area (Å²) in [6, 6.07) is 0. The number of rotatable bonds is 3. The Kier molecular flexibility index (Phi) is 4.57. The lowest BCUT2D eigenvalue weighted by Crippen LogP contribution is -2.42. The van der Waals surface area contributed by atoms with Crippen molar-refractivity contribution >= 4 is 6.29 Å². The minimum atomic E-state index is -0.0533. The molecule has 1 unspecified atom stereocenters. The van der Waals surface area contributed by atoms with E-state index in [4.69, 9.17) is 4.74 Å². The summed E-state index contributed by atoms with van der Waals surface area (Å²) in [4.78, 5) is 13.9. The highest BCUT2D eigenvalue weighted by Gasteiger charge is 2.34. The van der Waals surface area contributed by atoms with Gasteiger partial charge in [-0.3, -0.25) is 4.90 Å². The van der Waals surface area contributed by atoms with E-state index < -0.39 is 0 Å². The van der Waals surface area contributed by atoms with Crippen LogP contribution >= 0.6 is 0 Å². The van der Waals surface area contributed by atoms with Crippen molar-refractivity contribution in [3.63, 3.8) is 0 Å². The van der Waals surface area contributed by atoms with Crippen molar-refractivity contribution < 1.29 is 9.53 Å². The van der Waals surface area contributed by atoms with Crippen molar-refractivity contribution in [2.75, 3.05) is 26.2 Å². The number of hydrogen-bond acceptors (Lipinski definition) is 3. The van der Waals surface area contributed by atoms with Crippen molar-refractivity contribution in [2.45, 2.75) is 51.6 Å². The molecule has 0 amide bonds. The Labute approximate surface area is 105 Å². The van der Waals surface area contributed by atoms with Gasteiger partial charge in [0.2, 0.25) is 0 Å². The largest absolute Gasteiger partial charge is 0.377 e. The molecule has 1 aliphatic carbocycles. The molecule has 0 N–H and O–H groups in total. The fourth-order valence-corrected chi connectivity index (χ4v) is 3.24. The molecule has 1 atom stereocenters. The van der Waals surface area contributed by atoms with E-state index in [1.807, 2.05) is 0 Å². The molecule has 3 heteroatoms. The molecule has 1 saturated heterocycles. The highest BCUT2D eigenvalue weighted by Crippen LogP contribution is 2.35. The van der Waals surface area contributed by atoms with Gasteiger partial charge in [-0.25, -0.2) is 0 Å². The number of ether oxygens (including phenoxy) is 1. The van der Waals surface area contributed by atoms with Crippen LogP contribution in [-0.4, -0.2) is 43.5 Å². The van der Waals surface area contributed by atoms with Crippen molar-refractivity contribution in [3.8, 4) is 0 Å². The molecule has 1 aliphatic heterocycles. The van der Waals surface area contributed by atoms with Crippen LogP contribution in [0.5, 0.6) is 0 Å². The lowest BCUT2D eigenvalue weighted by atomic mass is 9.75. The minimum Gasteiger partial charge on any atom is -0.377 e. The highest BCUT2D eigenvalue weighted by molar-refractivity contribution is 5.60. The van der Waals surface area contributed by atoms with Gasteiger partial charge in [-0.15, -0.1) is 0 Å². The fraction of sp³-hybridized carbons (Fsp3) is 0.929. The third-order valence-electron chi connectivity index (χ3n) is 4.17. The van der Waals surface area contributed by atoms with Crippen molar-refractivity contribution in [1.82, 2.24) is 4.90 Å². The number of carbonyl (C=O) groups is 1. The Morgan fingerprint density at radius 1 is 1.29 bits per heavy atom. The first-order valence-corrected chi connectivity index (χ1v) is 7.04. The molecule has 0 bridgehead atoms. The Balaban J connectivity index is 1.94. The highest BCUT2D eigenvalue weighted by atomic mass is 16.5. The topological polar surface area (TPSA) is 29.5 Å². The quantitative estimate of drug-likeness (QED) is 0.707. The summed E-state index contributed by atoms with van der Waals surface area (Å²) in [5.41, 5.74) is -0.0533. The molecule has 1 heterocycles. The van der Waals surface area contributed by atoms with Crippen LogP contribution in [0, 0.1) is 5.41 Å². The third kappa shape index (κ3) is 3.52. The summed E-state index contributed by atoms with van der Waals surface area (Å²) in [6.45, 7) is 6.01. The van der Waals surface area contributed by atoms with Crippen LogP contribution in [0.4, 0.5) is 0 Å². The smallest absolute Gasteiger partial charge is 0.127 e. The second-order valence-corrected chi connectivity index (χ2v) is 5.81. The van der Waals surface area contributed by atoms with E-state index in [1.165, 1.54) is 25.5 Å². The van der Waals surface area contributed by atoms with Crippen molar-refractivity contribution in [3.05, 3.63) is 0 Å². The summed E-state index contributed by atoms with van der Waals surface area (Å²) in [5, 5.41) is 0. The molecule has 2 aliphatic rings. The van der Waals surface area contributed by atoms with Crippen LogP contribution in [0.25, 0.3) is 0 Å². The monoisotopic (exact) mass is 239 g/mol. The molecular formula is C14H25NO2. The maximum Gasteiger partial charge on any atom is 0.127 e. The zero-order valence-corrected chi connectivity index (χ0v) is 11.0. The Morgan fingerprint density at radius 3 is 2.76 bits per heavy atom. The van der Waals surface area contributed by atoms with Gasteiger partial charge in [0.1, 0.15) is 6.29 Å². The standard InChI is InChI=1S/C14H25NO2/c1-13-10-15(8-5-9-17-13)11-14(12-16)6-3-2-4-7-14/h12-13H,2-11H2,1H3. The van der Waals surface area contributed by atoms with Gasteiger partial charge in [0.15, 0.2) is 0 Å². The number of hydrogen-bond donors (Lipinski definition) is 0. The summed E-state index contributed by atoms with van der Waals surface area (Å²) in [5.74, 6) is 0. The molecule has 0 radical (unpaired) electrons. The molecule has 17 heavy (non-hydrogen) atoms. The summed E-state index contributed by atoms with van der Waals surface area (Å²) < 4.78 is 5.66. The van der Waals surface area contributed by atoms with Gasteiger partial charge in [0.05, 0.1) is 6.10 Å². The van der Waals surface area contributed by atoms with Crippen LogP contribution in [0.3, 0.4) is 0 Å². The average Bonchev–Trinajstić information content (AvgIpc) is 2.55. The van der Waals surface area contributed by atoms with Gasteiger partial charge in [0.25, 0.3) is 0 Å². The molecule has 3 nitrogen and oxygen atoms in total. The molecule has 0 aromatic rings. The Bertz CT molecular complexity index is 249. The van der Waals surface area contributed by atoms with E-state index in [0.29, 0.717) is 6.10 Å². The second kappa shape index (κ2) is 5.96. The van der Waals surface area contributed by atoms with Gasteiger partial charge in [-0.2, -0.15) is 0 Å². The number of carbonyl (C=O) groups excluding carboxylic acids is 1. The predicted octanol–water partition coefficient (Wildman–Crippen LogP) is 2.25. The van der Waals surface area contributed by atoms with E-state index in [1.54, 1.807) is 0 Å². The fourth-order valence-electron chi connectivity index (χ4n) is 3.24. The molecule has 2 rings (SSSR count). The average molecular weight is 239 g/mol. The molecular weight excluding hydrogens is 214 g/mol. The van der Waals surface area contributed by atoms with Crippen LogP contribution in [0.15, 0.2) is 0 Å². The van der Waals surface area contributed by atoms with E-state index in [9.17, 15) is 4.79 Å². The predicted molar refractivity (Wildman–Crippen MR) is 68.1 cm³/mol. The molecule has 0 aromatic heterocycles. The first-order chi connectivity index (χ1) is 8.24. The first kappa shape index (κ1) is 13.0. The molecule has 0 aromatic carbocycles. The maximum absolute atomic E-state index is 11.5. The van der Waals surface area contributed by atoms with E-state index in [-0.39, 0.29) is 5.41 Å². The SMILES string of the molecule is CC1CN(CC2(C=O)CCCCC2)CCCO1. The van der Waals surface area contributed by atoms with Gasteiger partial charge in [-0.05, 0) is 26.2 Å². The van der Waals surface area contributed by atoms with E-state index in [2.05, 4.69) is 11.8 Å². The van der Waals surface area contributed by atoms with Crippen LogP contribution in [0.2, 0.25) is 0 Å². The maximum atomic E-state index is 11.5. The van der Waals surface area contributed by atoms with Gasteiger partial charge >= 0.3 is 0 Å². The zero-order chi connectivity index (χ0) is 12.1. The summed E-state index contributed by atoms with van der Waals surface area (Å²) in [6.07, 6.45) is 8.56. The molecule has 0 spiro atoms. The van der Waals surface area contributed by atoms with Gasteiger partial charge < -0.3 is 9.53 Å². The van der Waals surface area contributed by atoms with Crippen molar-refractivity contribution in [2.24, 2.45) is 5.41 Å². The summed E-state index contributed by atoms with van der Waals surface area (Å²) >= 11 is 0. The van der Waals surface area contributed by atoms with Crippen molar-refractivity contribution in [1.29, 1.82) is 0 Å². The Hall–Kier alpha value is -0.410. The second-order valence-electron chi connectivity index (χ2n) is 5.81. The van der Waals surface area contributed by atoms with E-state index >= 15 is 0 Å². The lowest BCUT2D eigenvalue weighted by Gasteiger charge is -2.37. The first-order valence-electron chi connectivity index (χ1n) is 7.04. The van der Waals surface area contributed by atoms with Crippen LogP contribution < -0.4 is 0 Å². The number of nitrogens with zero attached hydrogens (tertiary/aromatic N) is 1. The van der Waals surface area contributed by atoms with Gasteiger partial charge in [-0.1, -0.05) is 19.3 Å². The molecule has 98 valence electrons. The van der Waals surface area contributed by atoms with Crippen LogP contribution in [0.1, 0.15) is 45.4 Å².